The Morgan fingerprint density at radius 3 is 2.50 bits per heavy atom. The number of aromatic nitrogens is 1. The van der Waals surface area contributed by atoms with Gasteiger partial charge in [0, 0.05) is 5.39 Å². The van der Waals surface area contributed by atoms with Gasteiger partial charge in [-0.2, -0.15) is 0 Å². The molecule has 0 fully saturated rings. The van der Waals surface area contributed by atoms with Crippen LogP contribution >= 0.6 is 0 Å². The number of hydrogen-bond donors (Lipinski definition) is 0. The van der Waals surface area contributed by atoms with Crippen LogP contribution in [0.15, 0.2) is 43.0 Å². The average Bonchev–Trinajstić information content (AvgIpc) is 2.52. The molecule has 0 aliphatic heterocycles. The fraction of sp³-hybridized carbons (Fsp3) is 0.105. The lowest BCUT2D eigenvalue weighted by atomic mass is 10.1. The lowest BCUT2D eigenvalue weighted by Crippen LogP contribution is -1.98. The van der Waals surface area contributed by atoms with Crippen LogP contribution in [0.4, 0.5) is 13.2 Å². The third-order valence-corrected chi connectivity index (χ3v) is 3.65. The Morgan fingerprint density at radius 2 is 1.79 bits per heavy atom. The van der Waals surface area contributed by atoms with Gasteiger partial charge in [-0.3, -0.25) is 0 Å². The largest absolute Gasteiger partial charge is 0.455 e. The highest BCUT2D eigenvalue weighted by molar-refractivity contribution is 5.81. The summed E-state index contributed by atoms with van der Waals surface area (Å²) in [6.45, 7) is 7.04. The number of allylic oxidation sites excluding steroid dienone is 1. The van der Waals surface area contributed by atoms with E-state index in [-0.39, 0.29) is 16.8 Å². The van der Waals surface area contributed by atoms with Crippen LogP contribution < -0.4 is 4.74 Å². The second kappa shape index (κ2) is 6.00. The highest BCUT2D eigenvalue weighted by Crippen LogP contribution is 2.34. The van der Waals surface area contributed by atoms with Crippen LogP contribution in [0.3, 0.4) is 0 Å². The van der Waals surface area contributed by atoms with E-state index >= 15 is 0 Å². The Kier molecular flexibility index (Phi) is 4.01. The van der Waals surface area contributed by atoms with Crippen molar-refractivity contribution in [3.8, 4) is 11.5 Å². The molecule has 0 amide bonds. The van der Waals surface area contributed by atoms with Gasteiger partial charge in [0.25, 0.3) is 0 Å². The molecule has 0 spiro atoms. The van der Waals surface area contributed by atoms with Crippen molar-refractivity contribution in [1.29, 1.82) is 0 Å². The SMILES string of the molecule is C=C(C)c1c(F)cccc1Oc1cc2ccc(F)c(F)c2nc1C. The summed E-state index contributed by atoms with van der Waals surface area (Å²) in [4.78, 5) is 4.07. The van der Waals surface area contributed by atoms with Crippen LogP contribution in [-0.4, -0.2) is 4.98 Å². The zero-order chi connectivity index (χ0) is 17.4. The number of pyridine rings is 1. The lowest BCUT2D eigenvalue weighted by molar-refractivity contribution is 0.468. The number of aryl methyl sites for hydroxylation is 1. The Hall–Kier alpha value is -2.82. The number of benzene rings is 2. The molecule has 0 bridgehead atoms. The summed E-state index contributed by atoms with van der Waals surface area (Å²) in [5.41, 5.74) is 1.08. The summed E-state index contributed by atoms with van der Waals surface area (Å²) in [6, 6.07) is 8.45. The summed E-state index contributed by atoms with van der Waals surface area (Å²) in [5, 5.41) is 0.391. The molecule has 2 aromatic carbocycles. The molecule has 0 radical (unpaired) electrons. The molecule has 3 rings (SSSR count). The van der Waals surface area contributed by atoms with E-state index in [2.05, 4.69) is 11.6 Å². The van der Waals surface area contributed by atoms with E-state index in [0.717, 1.165) is 6.07 Å². The van der Waals surface area contributed by atoms with Crippen LogP contribution in [0.25, 0.3) is 16.5 Å². The first-order chi connectivity index (χ1) is 11.4. The summed E-state index contributed by atoms with van der Waals surface area (Å²) in [7, 11) is 0. The fourth-order valence-corrected chi connectivity index (χ4v) is 2.48. The summed E-state index contributed by atoms with van der Waals surface area (Å²) in [5.74, 6) is -1.79. The molecule has 0 aliphatic rings. The van der Waals surface area contributed by atoms with E-state index in [4.69, 9.17) is 4.74 Å². The molecule has 0 aliphatic carbocycles. The maximum absolute atomic E-state index is 14.0. The van der Waals surface area contributed by atoms with E-state index in [1.807, 2.05) is 0 Å². The molecule has 0 saturated carbocycles. The maximum atomic E-state index is 14.0. The van der Waals surface area contributed by atoms with E-state index in [0.29, 0.717) is 22.4 Å². The standard InChI is InChI=1S/C19H14F3NO/c1-10(2)17-13(20)5-4-6-15(17)24-16-9-12-7-8-14(21)18(22)19(12)23-11(16)3/h4-9H,1H2,2-3H3. The summed E-state index contributed by atoms with van der Waals surface area (Å²) < 4.78 is 46.9. The van der Waals surface area contributed by atoms with E-state index < -0.39 is 17.5 Å². The number of hydrogen-bond acceptors (Lipinski definition) is 2. The van der Waals surface area contributed by atoms with Gasteiger partial charge in [0.1, 0.15) is 22.8 Å². The van der Waals surface area contributed by atoms with Crippen molar-refractivity contribution >= 4 is 16.5 Å². The molecule has 0 unspecified atom stereocenters. The number of nitrogens with zero attached hydrogens (tertiary/aromatic N) is 1. The molecule has 1 heterocycles. The van der Waals surface area contributed by atoms with E-state index in [9.17, 15) is 13.2 Å². The van der Waals surface area contributed by atoms with Gasteiger partial charge in [-0.25, -0.2) is 18.2 Å². The van der Waals surface area contributed by atoms with Crippen molar-refractivity contribution < 1.29 is 17.9 Å². The van der Waals surface area contributed by atoms with Crippen LogP contribution in [-0.2, 0) is 0 Å². The molecule has 0 N–H and O–H groups in total. The second-order valence-corrected chi connectivity index (χ2v) is 5.50. The minimum Gasteiger partial charge on any atom is -0.455 e. The molecule has 24 heavy (non-hydrogen) atoms. The monoisotopic (exact) mass is 329 g/mol. The maximum Gasteiger partial charge on any atom is 0.184 e. The van der Waals surface area contributed by atoms with Gasteiger partial charge >= 0.3 is 0 Å². The molecule has 1 aromatic heterocycles. The minimum atomic E-state index is -1.00. The van der Waals surface area contributed by atoms with Gasteiger partial charge in [0.15, 0.2) is 11.6 Å². The van der Waals surface area contributed by atoms with Gasteiger partial charge in [-0.15, -0.1) is 0 Å². The van der Waals surface area contributed by atoms with Crippen LogP contribution in [0.1, 0.15) is 18.2 Å². The Labute approximate surface area is 137 Å². The Balaban J connectivity index is 2.12. The van der Waals surface area contributed by atoms with Crippen molar-refractivity contribution in [2.75, 3.05) is 0 Å². The highest BCUT2D eigenvalue weighted by Gasteiger charge is 2.15. The van der Waals surface area contributed by atoms with Gasteiger partial charge < -0.3 is 4.74 Å². The summed E-state index contributed by atoms with van der Waals surface area (Å²) >= 11 is 0. The van der Waals surface area contributed by atoms with Crippen LogP contribution in [0.2, 0.25) is 0 Å². The zero-order valence-corrected chi connectivity index (χ0v) is 13.2. The van der Waals surface area contributed by atoms with E-state index in [1.165, 1.54) is 18.2 Å². The van der Waals surface area contributed by atoms with Crippen LogP contribution in [0.5, 0.6) is 11.5 Å². The van der Waals surface area contributed by atoms with E-state index in [1.54, 1.807) is 26.0 Å². The van der Waals surface area contributed by atoms with Crippen molar-refractivity contribution in [2.45, 2.75) is 13.8 Å². The van der Waals surface area contributed by atoms with Crippen molar-refractivity contribution in [1.82, 2.24) is 4.98 Å². The third-order valence-electron chi connectivity index (χ3n) is 3.65. The first-order valence-electron chi connectivity index (χ1n) is 7.26. The molecule has 122 valence electrons. The highest BCUT2D eigenvalue weighted by atomic mass is 19.2. The topological polar surface area (TPSA) is 22.1 Å². The number of halogens is 3. The normalized spacial score (nSPS) is 10.9. The summed E-state index contributed by atoms with van der Waals surface area (Å²) in [6.07, 6.45) is 0. The predicted molar refractivity (Wildman–Crippen MR) is 87.6 cm³/mol. The predicted octanol–water partition coefficient (Wildman–Crippen LogP) is 5.79. The smallest absolute Gasteiger partial charge is 0.184 e. The van der Waals surface area contributed by atoms with Gasteiger partial charge in [-0.1, -0.05) is 12.6 Å². The third kappa shape index (κ3) is 2.73. The minimum absolute atomic E-state index is 0.0702. The molecule has 5 heteroatoms. The van der Waals surface area contributed by atoms with Gasteiger partial charge in [-0.05, 0) is 49.8 Å². The lowest BCUT2D eigenvalue weighted by Gasteiger charge is -2.14. The quantitative estimate of drug-likeness (QED) is 0.607. The number of ether oxygens (including phenoxy) is 1. The van der Waals surface area contributed by atoms with Crippen molar-refractivity contribution in [3.63, 3.8) is 0 Å². The average molecular weight is 329 g/mol. The Bertz CT molecular complexity index is 966. The van der Waals surface area contributed by atoms with Crippen LogP contribution in [0, 0.1) is 24.4 Å². The fourth-order valence-electron chi connectivity index (χ4n) is 2.48. The van der Waals surface area contributed by atoms with Crippen molar-refractivity contribution in [2.24, 2.45) is 0 Å². The zero-order valence-electron chi connectivity index (χ0n) is 13.2. The molecule has 0 saturated heterocycles. The molecule has 3 aromatic rings. The molecular weight excluding hydrogens is 315 g/mol. The Morgan fingerprint density at radius 1 is 1.04 bits per heavy atom. The van der Waals surface area contributed by atoms with Gasteiger partial charge in [0.2, 0.25) is 0 Å². The number of rotatable bonds is 3. The first kappa shape index (κ1) is 16.1. The first-order valence-corrected chi connectivity index (χ1v) is 7.26. The van der Waals surface area contributed by atoms with Gasteiger partial charge in [0.05, 0.1) is 11.3 Å². The second-order valence-electron chi connectivity index (χ2n) is 5.50. The number of fused-ring (bicyclic) bond motifs is 1. The van der Waals surface area contributed by atoms with Crippen molar-refractivity contribution in [3.05, 3.63) is 71.7 Å². The molecule has 2 nitrogen and oxygen atoms in total. The molecular formula is C19H14F3NO. The molecule has 0 atom stereocenters.